The Labute approximate surface area is 119 Å². The fraction of sp³-hybridized carbons (Fsp3) is 0.647. The van der Waals surface area contributed by atoms with Gasteiger partial charge in [0.2, 0.25) is 0 Å². The van der Waals surface area contributed by atoms with Crippen LogP contribution in [0.1, 0.15) is 40.2 Å². The highest BCUT2D eigenvalue weighted by molar-refractivity contribution is 5.47. The standard InChI is InChI=1S/C17H30N2/c1-14(2)11-18-12-15-7-9-16(10-8-15)19(6)13-17(3,4)5/h7-10,14,18H,11-13H2,1-6H3. The minimum absolute atomic E-state index is 0.326. The van der Waals surface area contributed by atoms with Gasteiger partial charge in [0.1, 0.15) is 0 Å². The van der Waals surface area contributed by atoms with Crippen LogP contribution in [-0.2, 0) is 6.54 Å². The molecule has 0 aliphatic carbocycles. The van der Waals surface area contributed by atoms with E-state index in [-0.39, 0.29) is 0 Å². The van der Waals surface area contributed by atoms with Crippen molar-refractivity contribution in [1.29, 1.82) is 0 Å². The Morgan fingerprint density at radius 3 is 2.16 bits per heavy atom. The third-order valence-electron chi connectivity index (χ3n) is 2.97. The monoisotopic (exact) mass is 262 g/mol. The number of hydrogen-bond donors (Lipinski definition) is 1. The molecule has 0 amide bonds. The Bertz CT molecular complexity index is 360. The molecule has 2 heteroatoms. The molecule has 0 atom stereocenters. The highest BCUT2D eigenvalue weighted by atomic mass is 15.1. The van der Waals surface area contributed by atoms with E-state index in [9.17, 15) is 0 Å². The minimum atomic E-state index is 0.326. The van der Waals surface area contributed by atoms with Gasteiger partial charge in [-0.25, -0.2) is 0 Å². The van der Waals surface area contributed by atoms with Gasteiger partial charge in [-0.1, -0.05) is 46.8 Å². The van der Waals surface area contributed by atoms with Crippen LogP contribution in [0.3, 0.4) is 0 Å². The summed E-state index contributed by atoms with van der Waals surface area (Å²) >= 11 is 0. The van der Waals surface area contributed by atoms with Crippen molar-refractivity contribution in [1.82, 2.24) is 5.32 Å². The molecule has 0 saturated heterocycles. The number of nitrogens with one attached hydrogen (secondary N) is 1. The maximum atomic E-state index is 3.47. The topological polar surface area (TPSA) is 15.3 Å². The van der Waals surface area contributed by atoms with E-state index in [0.717, 1.165) is 19.6 Å². The first-order valence-corrected chi connectivity index (χ1v) is 7.29. The first-order chi connectivity index (χ1) is 8.78. The fourth-order valence-corrected chi connectivity index (χ4v) is 2.18. The van der Waals surface area contributed by atoms with Gasteiger partial charge in [0.15, 0.2) is 0 Å². The molecular formula is C17H30N2. The van der Waals surface area contributed by atoms with Crippen LogP contribution in [-0.4, -0.2) is 20.1 Å². The maximum Gasteiger partial charge on any atom is 0.0363 e. The smallest absolute Gasteiger partial charge is 0.0363 e. The molecule has 0 spiro atoms. The highest BCUT2D eigenvalue weighted by Crippen LogP contribution is 2.20. The molecule has 108 valence electrons. The van der Waals surface area contributed by atoms with Gasteiger partial charge in [0, 0.05) is 25.8 Å². The molecule has 0 saturated carbocycles. The van der Waals surface area contributed by atoms with Crippen LogP contribution in [0.4, 0.5) is 5.69 Å². The summed E-state index contributed by atoms with van der Waals surface area (Å²) in [6, 6.07) is 8.89. The molecule has 1 N–H and O–H groups in total. The Balaban J connectivity index is 2.51. The fourth-order valence-electron chi connectivity index (χ4n) is 2.18. The molecule has 1 aromatic rings. The Kier molecular flexibility index (Phi) is 5.86. The Morgan fingerprint density at radius 1 is 1.11 bits per heavy atom. The van der Waals surface area contributed by atoms with Crippen molar-refractivity contribution in [2.75, 3.05) is 25.0 Å². The van der Waals surface area contributed by atoms with Crippen molar-refractivity contribution in [2.45, 2.75) is 41.2 Å². The summed E-state index contributed by atoms with van der Waals surface area (Å²) in [7, 11) is 2.16. The van der Waals surface area contributed by atoms with Crippen LogP contribution in [0.15, 0.2) is 24.3 Å². The molecule has 0 aliphatic heterocycles. The second-order valence-electron chi connectivity index (χ2n) is 7.11. The van der Waals surface area contributed by atoms with E-state index in [1.807, 2.05) is 0 Å². The van der Waals surface area contributed by atoms with E-state index in [4.69, 9.17) is 0 Å². The third-order valence-corrected chi connectivity index (χ3v) is 2.97. The Morgan fingerprint density at radius 2 is 1.68 bits per heavy atom. The lowest BCUT2D eigenvalue weighted by atomic mass is 9.96. The van der Waals surface area contributed by atoms with E-state index in [0.29, 0.717) is 11.3 Å². The van der Waals surface area contributed by atoms with Crippen molar-refractivity contribution in [3.63, 3.8) is 0 Å². The second kappa shape index (κ2) is 6.95. The largest absolute Gasteiger partial charge is 0.374 e. The normalized spacial score (nSPS) is 11.9. The molecule has 0 radical (unpaired) electrons. The molecule has 0 bridgehead atoms. The van der Waals surface area contributed by atoms with Crippen LogP contribution >= 0.6 is 0 Å². The predicted octanol–water partition coefficient (Wildman–Crippen LogP) is 3.91. The van der Waals surface area contributed by atoms with Gasteiger partial charge in [-0.05, 0) is 35.6 Å². The van der Waals surface area contributed by atoms with Crippen molar-refractivity contribution in [2.24, 2.45) is 11.3 Å². The van der Waals surface area contributed by atoms with E-state index in [1.54, 1.807) is 0 Å². The van der Waals surface area contributed by atoms with E-state index < -0.39 is 0 Å². The summed E-state index contributed by atoms with van der Waals surface area (Å²) < 4.78 is 0. The first-order valence-electron chi connectivity index (χ1n) is 7.29. The predicted molar refractivity (Wildman–Crippen MR) is 85.7 cm³/mol. The number of rotatable bonds is 6. The van der Waals surface area contributed by atoms with Crippen LogP contribution < -0.4 is 10.2 Å². The molecule has 1 rings (SSSR count). The molecule has 0 heterocycles. The second-order valence-corrected chi connectivity index (χ2v) is 7.11. The third kappa shape index (κ3) is 6.63. The van der Waals surface area contributed by atoms with E-state index in [1.165, 1.54) is 11.3 Å². The van der Waals surface area contributed by atoms with Gasteiger partial charge >= 0.3 is 0 Å². The number of benzene rings is 1. The van der Waals surface area contributed by atoms with Gasteiger partial charge < -0.3 is 10.2 Å². The van der Waals surface area contributed by atoms with Crippen LogP contribution in [0.2, 0.25) is 0 Å². The van der Waals surface area contributed by atoms with Gasteiger partial charge in [-0.3, -0.25) is 0 Å². The lowest BCUT2D eigenvalue weighted by Gasteiger charge is -2.28. The molecule has 0 fully saturated rings. The Hall–Kier alpha value is -1.02. The minimum Gasteiger partial charge on any atom is -0.374 e. The average Bonchev–Trinajstić information content (AvgIpc) is 2.27. The van der Waals surface area contributed by atoms with E-state index in [2.05, 4.69) is 76.1 Å². The van der Waals surface area contributed by atoms with Crippen molar-refractivity contribution in [3.8, 4) is 0 Å². The molecule has 1 aromatic carbocycles. The van der Waals surface area contributed by atoms with Crippen LogP contribution in [0.5, 0.6) is 0 Å². The zero-order chi connectivity index (χ0) is 14.5. The zero-order valence-corrected chi connectivity index (χ0v) is 13.5. The molecule has 19 heavy (non-hydrogen) atoms. The van der Waals surface area contributed by atoms with E-state index >= 15 is 0 Å². The molecule has 0 aromatic heterocycles. The SMILES string of the molecule is CC(C)CNCc1ccc(N(C)CC(C)(C)C)cc1. The summed E-state index contributed by atoms with van der Waals surface area (Å²) in [4.78, 5) is 2.32. The van der Waals surface area contributed by atoms with Crippen LogP contribution in [0.25, 0.3) is 0 Å². The lowest BCUT2D eigenvalue weighted by Crippen LogP contribution is -2.29. The first kappa shape index (κ1) is 16.0. The number of anilines is 1. The number of nitrogens with zero attached hydrogens (tertiary/aromatic N) is 1. The summed E-state index contributed by atoms with van der Waals surface area (Å²) in [6.07, 6.45) is 0. The van der Waals surface area contributed by atoms with Gasteiger partial charge in [0.25, 0.3) is 0 Å². The molecular weight excluding hydrogens is 232 g/mol. The summed E-state index contributed by atoms with van der Waals surface area (Å²) in [6.45, 7) is 14.4. The average molecular weight is 262 g/mol. The molecule has 0 unspecified atom stereocenters. The van der Waals surface area contributed by atoms with Crippen molar-refractivity contribution in [3.05, 3.63) is 29.8 Å². The van der Waals surface area contributed by atoms with Gasteiger partial charge in [0.05, 0.1) is 0 Å². The van der Waals surface area contributed by atoms with Crippen molar-refractivity contribution >= 4 is 5.69 Å². The summed E-state index contributed by atoms with van der Waals surface area (Å²) in [5.74, 6) is 0.706. The van der Waals surface area contributed by atoms with Gasteiger partial charge in [-0.2, -0.15) is 0 Å². The maximum absolute atomic E-state index is 3.47. The van der Waals surface area contributed by atoms with Gasteiger partial charge in [-0.15, -0.1) is 0 Å². The lowest BCUT2D eigenvalue weighted by molar-refractivity contribution is 0.419. The van der Waals surface area contributed by atoms with Crippen LogP contribution in [0, 0.1) is 11.3 Å². The quantitative estimate of drug-likeness (QED) is 0.836. The number of hydrogen-bond acceptors (Lipinski definition) is 2. The molecule has 0 aliphatic rings. The summed E-state index contributed by atoms with van der Waals surface area (Å²) in [5.41, 5.74) is 2.97. The summed E-state index contributed by atoms with van der Waals surface area (Å²) in [5, 5.41) is 3.47. The zero-order valence-electron chi connectivity index (χ0n) is 13.5. The van der Waals surface area contributed by atoms with Crippen molar-refractivity contribution < 1.29 is 0 Å². The molecule has 2 nitrogen and oxygen atoms in total. The highest BCUT2D eigenvalue weighted by Gasteiger charge is 2.13.